The van der Waals surface area contributed by atoms with Gasteiger partial charge >= 0.3 is 0 Å². The van der Waals surface area contributed by atoms with Crippen molar-refractivity contribution < 1.29 is 14.3 Å². The third kappa shape index (κ3) is 5.16. The molecule has 4 rings (SSSR count). The van der Waals surface area contributed by atoms with Crippen LogP contribution in [0, 0.1) is 5.92 Å². The first-order valence-electron chi connectivity index (χ1n) is 11.1. The number of rotatable bonds is 8. The maximum Gasteiger partial charge on any atom is 0.223 e. The average molecular weight is 435 g/mol. The van der Waals surface area contributed by atoms with Crippen molar-refractivity contribution in [3.8, 4) is 28.3 Å². The zero-order chi connectivity index (χ0) is 22.3. The van der Waals surface area contributed by atoms with Crippen molar-refractivity contribution in [3.63, 3.8) is 0 Å². The summed E-state index contributed by atoms with van der Waals surface area (Å²) in [6.07, 6.45) is 7.55. The molecule has 0 aliphatic heterocycles. The van der Waals surface area contributed by atoms with E-state index < -0.39 is 0 Å². The van der Waals surface area contributed by atoms with Gasteiger partial charge in [-0.1, -0.05) is 0 Å². The largest absolute Gasteiger partial charge is 0.497 e. The SMILES string of the molecule is COc1ccc(-c2cc(-c3cccnc3)n(CCNC(=O)C3CCC(OC)CC3)n2)cc1. The summed E-state index contributed by atoms with van der Waals surface area (Å²) in [4.78, 5) is 16.9. The molecule has 1 N–H and O–H groups in total. The van der Waals surface area contributed by atoms with Crippen molar-refractivity contribution >= 4 is 5.91 Å². The standard InChI is InChI=1S/C25H30N4O3/c1-31-21-9-5-18(6-10-21)23-16-24(20-4-3-13-26-17-20)29(28-23)15-14-27-25(30)19-7-11-22(32-2)12-8-19/h3-6,9-10,13,16-17,19,22H,7-8,11-12,14-15H2,1-2H3,(H,27,30). The van der Waals surface area contributed by atoms with Gasteiger partial charge in [-0.25, -0.2) is 0 Å². The van der Waals surface area contributed by atoms with E-state index in [1.54, 1.807) is 20.4 Å². The number of nitrogens with zero attached hydrogens (tertiary/aromatic N) is 3. The Bertz CT molecular complexity index is 1010. The van der Waals surface area contributed by atoms with Gasteiger partial charge in [-0.05, 0) is 68.1 Å². The molecule has 0 radical (unpaired) electrons. The van der Waals surface area contributed by atoms with Crippen LogP contribution in [0.4, 0.5) is 0 Å². The van der Waals surface area contributed by atoms with Gasteiger partial charge in [-0.2, -0.15) is 5.10 Å². The molecule has 0 unspecified atom stereocenters. The minimum atomic E-state index is 0.0756. The predicted molar refractivity (Wildman–Crippen MR) is 123 cm³/mol. The molecular weight excluding hydrogens is 404 g/mol. The number of benzene rings is 1. The monoisotopic (exact) mass is 434 g/mol. The van der Waals surface area contributed by atoms with Crippen LogP contribution >= 0.6 is 0 Å². The molecule has 1 aromatic carbocycles. The molecule has 2 aromatic heterocycles. The number of pyridine rings is 1. The smallest absolute Gasteiger partial charge is 0.223 e. The quantitative estimate of drug-likeness (QED) is 0.581. The Balaban J connectivity index is 1.46. The summed E-state index contributed by atoms with van der Waals surface area (Å²) in [5, 5.41) is 7.93. The third-order valence-corrected chi connectivity index (χ3v) is 6.12. The number of nitrogens with one attached hydrogen (secondary N) is 1. The van der Waals surface area contributed by atoms with Crippen molar-refractivity contribution in [2.75, 3.05) is 20.8 Å². The van der Waals surface area contributed by atoms with E-state index in [1.807, 2.05) is 47.3 Å². The second-order valence-electron chi connectivity index (χ2n) is 8.11. The van der Waals surface area contributed by atoms with Crippen LogP contribution in [0.15, 0.2) is 54.9 Å². The van der Waals surface area contributed by atoms with Crippen LogP contribution in [-0.2, 0) is 16.1 Å². The van der Waals surface area contributed by atoms with Gasteiger partial charge in [0.25, 0.3) is 0 Å². The van der Waals surface area contributed by atoms with E-state index in [4.69, 9.17) is 14.6 Å². The highest BCUT2D eigenvalue weighted by atomic mass is 16.5. The van der Waals surface area contributed by atoms with Crippen molar-refractivity contribution in [1.29, 1.82) is 0 Å². The number of carbonyl (C=O) groups is 1. The number of aromatic nitrogens is 3. The molecule has 1 aliphatic rings. The lowest BCUT2D eigenvalue weighted by Crippen LogP contribution is -2.36. The lowest BCUT2D eigenvalue weighted by atomic mass is 9.87. The Morgan fingerprint density at radius 2 is 1.88 bits per heavy atom. The van der Waals surface area contributed by atoms with Gasteiger partial charge in [0, 0.05) is 43.1 Å². The van der Waals surface area contributed by atoms with Crippen LogP contribution in [-0.4, -0.2) is 47.5 Å². The summed E-state index contributed by atoms with van der Waals surface area (Å²) in [6.45, 7) is 1.11. The van der Waals surface area contributed by atoms with Gasteiger partial charge in [-0.3, -0.25) is 14.5 Å². The van der Waals surface area contributed by atoms with Crippen LogP contribution in [0.5, 0.6) is 5.75 Å². The van der Waals surface area contributed by atoms with Crippen molar-refractivity contribution in [2.24, 2.45) is 5.92 Å². The van der Waals surface area contributed by atoms with Gasteiger partial charge in [-0.15, -0.1) is 0 Å². The first kappa shape index (κ1) is 22.0. The minimum absolute atomic E-state index is 0.0756. The molecule has 168 valence electrons. The van der Waals surface area contributed by atoms with E-state index in [9.17, 15) is 4.79 Å². The van der Waals surface area contributed by atoms with Crippen molar-refractivity contribution in [1.82, 2.24) is 20.1 Å². The van der Waals surface area contributed by atoms with Crippen LogP contribution in [0.3, 0.4) is 0 Å². The summed E-state index contributed by atoms with van der Waals surface area (Å²) < 4.78 is 12.6. The molecule has 1 aliphatic carbocycles. The number of amides is 1. The van der Waals surface area contributed by atoms with E-state index in [0.29, 0.717) is 19.2 Å². The van der Waals surface area contributed by atoms with Crippen molar-refractivity contribution in [3.05, 3.63) is 54.9 Å². The average Bonchev–Trinajstić information content (AvgIpc) is 3.28. The normalized spacial score (nSPS) is 18.3. The Hall–Kier alpha value is -3.19. The molecule has 7 nitrogen and oxygen atoms in total. The minimum Gasteiger partial charge on any atom is -0.497 e. The third-order valence-electron chi connectivity index (χ3n) is 6.12. The molecule has 32 heavy (non-hydrogen) atoms. The Labute approximate surface area is 188 Å². The summed E-state index contributed by atoms with van der Waals surface area (Å²) in [5.41, 5.74) is 3.84. The maximum absolute atomic E-state index is 12.6. The molecule has 0 saturated heterocycles. The number of carbonyl (C=O) groups excluding carboxylic acids is 1. The van der Waals surface area contributed by atoms with Crippen molar-refractivity contribution in [2.45, 2.75) is 38.3 Å². The highest BCUT2D eigenvalue weighted by Crippen LogP contribution is 2.28. The van der Waals surface area contributed by atoms with E-state index in [-0.39, 0.29) is 11.8 Å². The summed E-state index contributed by atoms with van der Waals surface area (Å²) in [5.74, 6) is 1.01. The number of hydrogen-bond donors (Lipinski definition) is 1. The van der Waals surface area contributed by atoms with Gasteiger partial charge in [0.2, 0.25) is 5.91 Å². The number of ether oxygens (including phenoxy) is 2. The fourth-order valence-corrected chi connectivity index (χ4v) is 4.23. The van der Waals surface area contributed by atoms with Gasteiger partial charge < -0.3 is 14.8 Å². The van der Waals surface area contributed by atoms with Gasteiger partial charge in [0.05, 0.1) is 31.1 Å². The Morgan fingerprint density at radius 1 is 1.09 bits per heavy atom. The highest BCUT2D eigenvalue weighted by molar-refractivity contribution is 5.78. The van der Waals surface area contributed by atoms with Gasteiger partial charge in [0.15, 0.2) is 0 Å². The predicted octanol–water partition coefficient (Wildman–Crippen LogP) is 3.94. The molecule has 0 spiro atoms. The summed E-state index contributed by atoms with van der Waals surface area (Å²) >= 11 is 0. The lowest BCUT2D eigenvalue weighted by molar-refractivity contribution is -0.126. The second kappa shape index (κ2) is 10.4. The molecule has 0 bridgehead atoms. The van der Waals surface area contributed by atoms with E-state index in [0.717, 1.165) is 53.9 Å². The van der Waals surface area contributed by atoms with E-state index in [2.05, 4.69) is 16.4 Å². The first-order valence-corrected chi connectivity index (χ1v) is 11.1. The second-order valence-corrected chi connectivity index (χ2v) is 8.11. The summed E-state index contributed by atoms with van der Waals surface area (Å²) in [7, 11) is 3.40. The maximum atomic E-state index is 12.6. The Morgan fingerprint density at radius 3 is 2.53 bits per heavy atom. The van der Waals surface area contributed by atoms with Crippen LogP contribution in [0.2, 0.25) is 0 Å². The lowest BCUT2D eigenvalue weighted by Gasteiger charge is -2.26. The molecule has 3 aromatic rings. The fourth-order valence-electron chi connectivity index (χ4n) is 4.23. The van der Waals surface area contributed by atoms with E-state index >= 15 is 0 Å². The van der Waals surface area contributed by atoms with Crippen LogP contribution < -0.4 is 10.1 Å². The number of hydrogen-bond acceptors (Lipinski definition) is 5. The number of methoxy groups -OCH3 is 2. The molecule has 1 amide bonds. The van der Waals surface area contributed by atoms with Crippen LogP contribution in [0.25, 0.3) is 22.5 Å². The van der Waals surface area contributed by atoms with E-state index in [1.165, 1.54) is 0 Å². The topological polar surface area (TPSA) is 78.3 Å². The zero-order valence-corrected chi connectivity index (χ0v) is 18.7. The summed E-state index contributed by atoms with van der Waals surface area (Å²) in [6, 6.07) is 13.8. The molecule has 1 fully saturated rings. The molecule has 2 heterocycles. The fraction of sp³-hybridized carbons (Fsp3) is 0.400. The zero-order valence-electron chi connectivity index (χ0n) is 18.7. The Kier molecular flexibility index (Phi) is 7.17. The van der Waals surface area contributed by atoms with Crippen LogP contribution in [0.1, 0.15) is 25.7 Å². The molecule has 7 heteroatoms. The highest BCUT2D eigenvalue weighted by Gasteiger charge is 2.26. The molecular formula is C25H30N4O3. The van der Waals surface area contributed by atoms with Gasteiger partial charge in [0.1, 0.15) is 5.75 Å². The molecule has 0 atom stereocenters. The molecule has 1 saturated carbocycles. The first-order chi connectivity index (χ1) is 15.7.